The zero-order chi connectivity index (χ0) is 11.4. The van der Waals surface area contributed by atoms with Crippen LogP contribution in [0, 0.1) is 5.92 Å². The Morgan fingerprint density at radius 2 is 2.31 bits per heavy atom. The summed E-state index contributed by atoms with van der Waals surface area (Å²) in [5.41, 5.74) is 5.79. The van der Waals surface area contributed by atoms with Crippen LogP contribution in [0.25, 0.3) is 0 Å². The molecule has 0 aromatic carbocycles. The van der Waals surface area contributed by atoms with Crippen LogP contribution in [0.2, 0.25) is 0 Å². The van der Waals surface area contributed by atoms with E-state index in [0.717, 1.165) is 25.5 Å². The summed E-state index contributed by atoms with van der Waals surface area (Å²) in [5, 5.41) is 0. The molecule has 2 N–H and O–H groups in total. The molecule has 1 aromatic heterocycles. The minimum atomic E-state index is 0.256. The molecule has 0 bridgehead atoms. The highest BCUT2D eigenvalue weighted by Crippen LogP contribution is 2.27. The molecule has 16 heavy (non-hydrogen) atoms. The molecule has 2 unspecified atom stereocenters. The summed E-state index contributed by atoms with van der Waals surface area (Å²) in [6, 6.07) is 0.743. The standard InChI is InChI=1S/C12H21N3O/c1-2-15-8-7-14-12(15)16-11-6-4-3-5-10(11)9-13/h7-8,10-11H,2-6,9,13H2,1H3. The summed E-state index contributed by atoms with van der Waals surface area (Å²) in [6.45, 7) is 3.71. The number of hydrogen-bond acceptors (Lipinski definition) is 3. The Kier molecular flexibility index (Phi) is 3.83. The van der Waals surface area contributed by atoms with Crippen molar-refractivity contribution in [2.75, 3.05) is 6.54 Å². The maximum Gasteiger partial charge on any atom is 0.296 e. The van der Waals surface area contributed by atoms with Crippen molar-refractivity contribution in [3.05, 3.63) is 12.4 Å². The van der Waals surface area contributed by atoms with Crippen LogP contribution in [0.3, 0.4) is 0 Å². The molecule has 1 heterocycles. The highest BCUT2D eigenvalue weighted by Gasteiger charge is 2.26. The molecule has 1 aliphatic rings. The first kappa shape index (κ1) is 11.5. The highest BCUT2D eigenvalue weighted by molar-refractivity contribution is 4.99. The van der Waals surface area contributed by atoms with E-state index in [4.69, 9.17) is 10.5 Å². The SMILES string of the molecule is CCn1ccnc1OC1CCCCC1CN. The number of aryl methyl sites for hydroxylation is 1. The van der Waals surface area contributed by atoms with Gasteiger partial charge in [0.1, 0.15) is 6.10 Å². The molecular formula is C12H21N3O. The lowest BCUT2D eigenvalue weighted by Crippen LogP contribution is -2.35. The maximum absolute atomic E-state index is 5.99. The smallest absolute Gasteiger partial charge is 0.296 e. The van der Waals surface area contributed by atoms with E-state index in [2.05, 4.69) is 11.9 Å². The largest absolute Gasteiger partial charge is 0.461 e. The second-order valence-corrected chi connectivity index (χ2v) is 4.43. The van der Waals surface area contributed by atoms with E-state index in [0.29, 0.717) is 5.92 Å². The van der Waals surface area contributed by atoms with Gasteiger partial charge in [-0.25, -0.2) is 4.98 Å². The fourth-order valence-corrected chi connectivity index (χ4v) is 2.39. The second-order valence-electron chi connectivity index (χ2n) is 4.43. The van der Waals surface area contributed by atoms with E-state index in [9.17, 15) is 0 Å². The van der Waals surface area contributed by atoms with Gasteiger partial charge >= 0.3 is 0 Å². The van der Waals surface area contributed by atoms with Crippen LogP contribution in [-0.2, 0) is 6.54 Å². The van der Waals surface area contributed by atoms with Gasteiger partial charge in [0, 0.05) is 24.9 Å². The molecule has 0 amide bonds. The van der Waals surface area contributed by atoms with Gasteiger partial charge in [0.25, 0.3) is 6.01 Å². The third-order valence-corrected chi connectivity index (χ3v) is 3.42. The zero-order valence-corrected chi connectivity index (χ0v) is 9.93. The first-order valence-corrected chi connectivity index (χ1v) is 6.23. The van der Waals surface area contributed by atoms with Gasteiger partial charge in [-0.1, -0.05) is 6.42 Å². The minimum absolute atomic E-state index is 0.256. The summed E-state index contributed by atoms with van der Waals surface area (Å²) in [5.74, 6) is 0.496. The summed E-state index contributed by atoms with van der Waals surface area (Å²) < 4.78 is 8.02. The fourth-order valence-electron chi connectivity index (χ4n) is 2.39. The Balaban J connectivity index is 2.02. The molecule has 90 valence electrons. The number of nitrogens with two attached hydrogens (primary N) is 1. The summed E-state index contributed by atoms with van der Waals surface area (Å²) in [4.78, 5) is 4.25. The number of imidazole rings is 1. The van der Waals surface area contributed by atoms with Crippen molar-refractivity contribution in [3.8, 4) is 6.01 Å². The minimum Gasteiger partial charge on any atom is -0.461 e. The van der Waals surface area contributed by atoms with Crippen molar-refractivity contribution in [2.24, 2.45) is 11.7 Å². The molecule has 2 rings (SSSR count). The van der Waals surface area contributed by atoms with Crippen LogP contribution < -0.4 is 10.5 Å². The lowest BCUT2D eigenvalue weighted by Gasteiger charge is -2.30. The van der Waals surface area contributed by atoms with E-state index in [1.54, 1.807) is 6.20 Å². The zero-order valence-electron chi connectivity index (χ0n) is 9.93. The Hall–Kier alpha value is -1.03. The van der Waals surface area contributed by atoms with Crippen molar-refractivity contribution in [1.29, 1.82) is 0 Å². The molecule has 1 aliphatic carbocycles. The van der Waals surface area contributed by atoms with Crippen LogP contribution in [0.1, 0.15) is 32.6 Å². The third-order valence-electron chi connectivity index (χ3n) is 3.42. The molecule has 1 fully saturated rings. The van der Waals surface area contributed by atoms with Crippen molar-refractivity contribution in [1.82, 2.24) is 9.55 Å². The lowest BCUT2D eigenvalue weighted by atomic mass is 9.86. The molecular weight excluding hydrogens is 202 g/mol. The Morgan fingerprint density at radius 1 is 1.50 bits per heavy atom. The summed E-state index contributed by atoms with van der Waals surface area (Å²) >= 11 is 0. The van der Waals surface area contributed by atoms with E-state index in [1.165, 1.54) is 19.3 Å². The number of rotatable bonds is 4. The molecule has 0 saturated heterocycles. The van der Waals surface area contributed by atoms with Gasteiger partial charge in [-0.05, 0) is 32.7 Å². The van der Waals surface area contributed by atoms with Gasteiger partial charge in [0.2, 0.25) is 0 Å². The Morgan fingerprint density at radius 3 is 3.06 bits per heavy atom. The van der Waals surface area contributed by atoms with Gasteiger partial charge < -0.3 is 15.0 Å². The topological polar surface area (TPSA) is 53.1 Å². The molecule has 0 radical (unpaired) electrons. The van der Waals surface area contributed by atoms with Crippen molar-refractivity contribution < 1.29 is 4.74 Å². The number of nitrogens with zero attached hydrogens (tertiary/aromatic N) is 2. The van der Waals surface area contributed by atoms with Gasteiger partial charge in [0.15, 0.2) is 0 Å². The van der Waals surface area contributed by atoms with E-state index >= 15 is 0 Å². The van der Waals surface area contributed by atoms with Crippen molar-refractivity contribution in [2.45, 2.75) is 45.3 Å². The van der Waals surface area contributed by atoms with Crippen LogP contribution in [0.15, 0.2) is 12.4 Å². The first-order chi connectivity index (χ1) is 7.85. The van der Waals surface area contributed by atoms with E-state index in [1.807, 2.05) is 10.8 Å². The predicted molar refractivity (Wildman–Crippen MR) is 63.3 cm³/mol. The maximum atomic E-state index is 5.99. The number of aromatic nitrogens is 2. The van der Waals surface area contributed by atoms with Crippen molar-refractivity contribution >= 4 is 0 Å². The monoisotopic (exact) mass is 223 g/mol. The summed E-state index contributed by atoms with van der Waals surface area (Å²) in [7, 11) is 0. The molecule has 4 heteroatoms. The first-order valence-electron chi connectivity index (χ1n) is 6.23. The van der Waals surface area contributed by atoms with Crippen LogP contribution >= 0.6 is 0 Å². The van der Waals surface area contributed by atoms with Gasteiger partial charge in [-0.3, -0.25) is 0 Å². The highest BCUT2D eigenvalue weighted by atomic mass is 16.5. The Bertz CT molecular complexity index is 324. The fraction of sp³-hybridized carbons (Fsp3) is 0.750. The molecule has 0 aliphatic heterocycles. The van der Waals surface area contributed by atoms with Crippen LogP contribution in [-0.4, -0.2) is 22.2 Å². The number of ether oxygens (including phenoxy) is 1. The normalized spacial score (nSPS) is 25.6. The quantitative estimate of drug-likeness (QED) is 0.846. The average Bonchev–Trinajstić information content (AvgIpc) is 2.77. The molecule has 1 saturated carbocycles. The van der Waals surface area contributed by atoms with Crippen LogP contribution in [0.5, 0.6) is 6.01 Å². The van der Waals surface area contributed by atoms with Gasteiger partial charge in [-0.15, -0.1) is 0 Å². The van der Waals surface area contributed by atoms with Gasteiger partial charge in [0.05, 0.1) is 0 Å². The third kappa shape index (κ3) is 2.38. The average molecular weight is 223 g/mol. The molecule has 1 aromatic rings. The lowest BCUT2D eigenvalue weighted by molar-refractivity contribution is 0.0833. The number of hydrogen-bond donors (Lipinski definition) is 1. The van der Waals surface area contributed by atoms with E-state index < -0.39 is 0 Å². The van der Waals surface area contributed by atoms with Crippen LogP contribution in [0.4, 0.5) is 0 Å². The van der Waals surface area contributed by atoms with E-state index in [-0.39, 0.29) is 6.10 Å². The van der Waals surface area contributed by atoms with Crippen molar-refractivity contribution in [3.63, 3.8) is 0 Å². The summed E-state index contributed by atoms with van der Waals surface area (Å²) in [6.07, 6.45) is 8.82. The van der Waals surface area contributed by atoms with Gasteiger partial charge in [-0.2, -0.15) is 0 Å². The Labute approximate surface area is 96.8 Å². The molecule has 2 atom stereocenters. The second kappa shape index (κ2) is 5.34. The predicted octanol–water partition coefficient (Wildman–Crippen LogP) is 1.80. The molecule has 0 spiro atoms. The molecule has 4 nitrogen and oxygen atoms in total.